The van der Waals surface area contributed by atoms with Crippen LogP contribution in [0.5, 0.6) is 0 Å². The van der Waals surface area contributed by atoms with Gasteiger partial charge in [0.25, 0.3) is 0 Å². The summed E-state index contributed by atoms with van der Waals surface area (Å²) < 4.78 is 55.2. The zero-order valence-electron chi connectivity index (χ0n) is 21.0. The SMILES string of the molecule is Cc1ccccc1CNCCCS(=O)(=O)N1CCC(Nc2nc(N)c(C(=O)c3c(F)cccc3F)s2)CC1. The third kappa shape index (κ3) is 6.73. The number of nitrogens with one attached hydrogen (secondary N) is 2. The Kier molecular flexibility index (Phi) is 9.08. The van der Waals surface area contributed by atoms with Crippen molar-refractivity contribution in [2.45, 2.75) is 38.8 Å². The molecule has 0 aliphatic carbocycles. The van der Waals surface area contributed by atoms with Crippen molar-refractivity contribution < 1.29 is 22.0 Å². The first-order valence-electron chi connectivity index (χ1n) is 12.4. The lowest BCUT2D eigenvalue weighted by atomic mass is 10.1. The third-order valence-electron chi connectivity index (χ3n) is 6.56. The van der Waals surface area contributed by atoms with Crippen LogP contribution in [0.1, 0.15) is 45.6 Å². The van der Waals surface area contributed by atoms with E-state index in [1.165, 1.54) is 21.5 Å². The number of carbonyl (C=O) groups is 1. The molecule has 1 aliphatic heterocycles. The van der Waals surface area contributed by atoms with Crippen molar-refractivity contribution in [3.63, 3.8) is 0 Å². The maximum atomic E-state index is 14.0. The summed E-state index contributed by atoms with van der Waals surface area (Å²) in [4.78, 5) is 16.8. The fourth-order valence-electron chi connectivity index (χ4n) is 4.38. The Morgan fingerprint density at radius 1 is 1.13 bits per heavy atom. The molecule has 0 amide bonds. The van der Waals surface area contributed by atoms with Crippen LogP contribution >= 0.6 is 11.3 Å². The number of carbonyl (C=O) groups excluding carboxylic acids is 1. The monoisotopic (exact) mass is 563 g/mol. The van der Waals surface area contributed by atoms with Crippen LogP contribution in [-0.4, -0.2) is 54.9 Å². The van der Waals surface area contributed by atoms with E-state index in [2.05, 4.69) is 34.7 Å². The van der Waals surface area contributed by atoms with Crippen molar-refractivity contribution in [1.29, 1.82) is 0 Å². The fourth-order valence-corrected chi connectivity index (χ4v) is 6.82. The predicted octanol–water partition coefficient (Wildman–Crippen LogP) is 3.93. The number of piperidine rings is 1. The molecule has 1 saturated heterocycles. The van der Waals surface area contributed by atoms with E-state index in [4.69, 9.17) is 5.73 Å². The number of rotatable bonds is 11. The number of aromatic nitrogens is 1. The molecular weight excluding hydrogens is 532 g/mol. The molecule has 1 aliphatic rings. The molecule has 0 unspecified atom stereocenters. The van der Waals surface area contributed by atoms with Gasteiger partial charge in [-0.2, -0.15) is 0 Å². The molecule has 0 spiro atoms. The van der Waals surface area contributed by atoms with Gasteiger partial charge in [0, 0.05) is 25.7 Å². The van der Waals surface area contributed by atoms with Gasteiger partial charge >= 0.3 is 0 Å². The topological polar surface area (TPSA) is 117 Å². The second-order valence-electron chi connectivity index (χ2n) is 9.25. The van der Waals surface area contributed by atoms with E-state index in [-0.39, 0.29) is 22.5 Å². The molecule has 38 heavy (non-hydrogen) atoms. The molecule has 0 saturated carbocycles. The smallest absolute Gasteiger partial charge is 0.214 e. The first-order valence-corrected chi connectivity index (χ1v) is 14.8. The second kappa shape index (κ2) is 12.3. The molecule has 0 atom stereocenters. The minimum absolute atomic E-state index is 0.0486. The highest BCUT2D eigenvalue weighted by molar-refractivity contribution is 7.89. The lowest BCUT2D eigenvalue weighted by molar-refractivity contribution is 0.103. The Labute approximate surface area is 225 Å². The summed E-state index contributed by atoms with van der Waals surface area (Å²) in [7, 11) is -3.37. The van der Waals surface area contributed by atoms with Gasteiger partial charge in [-0.05, 0) is 56.0 Å². The van der Waals surface area contributed by atoms with E-state index >= 15 is 0 Å². The molecule has 4 rings (SSSR count). The normalized spacial score (nSPS) is 15.0. The maximum absolute atomic E-state index is 14.0. The third-order valence-corrected chi connectivity index (χ3v) is 9.51. The number of hydrogen-bond donors (Lipinski definition) is 3. The minimum Gasteiger partial charge on any atom is -0.382 e. The van der Waals surface area contributed by atoms with Gasteiger partial charge in [0.2, 0.25) is 15.8 Å². The number of nitrogens with zero attached hydrogens (tertiary/aromatic N) is 2. The second-order valence-corrected chi connectivity index (χ2v) is 12.3. The molecule has 2 aromatic carbocycles. The molecule has 3 aromatic rings. The van der Waals surface area contributed by atoms with Crippen LogP contribution in [0.4, 0.5) is 19.7 Å². The number of thiazole rings is 1. The Bertz CT molecular complexity index is 1370. The molecule has 12 heteroatoms. The van der Waals surface area contributed by atoms with Crippen molar-refractivity contribution in [3.8, 4) is 0 Å². The number of anilines is 2. The Hall–Kier alpha value is -2.93. The molecule has 1 aromatic heterocycles. The molecule has 8 nitrogen and oxygen atoms in total. The summed E-state index contributed by atoms with van der Waals surface area (Å²) in [5, 5.41) is 6.85. The number of hydrogen-bond acceptors (Lipinski definition) is 8. The number of nitrogen functional groups attached to an aromatic ring is 1. The predicted molar refractivity (Wildman–Crippen MR) is 146 cm³/mol. The molecule has 0 bridgehead atoms. The lowest BCUT2D eigenvalue weighted by Crippen LogP contribution is -2.43. The van der Waals surface area contributed by atoms with E-state index in [0.29, 0.717) is 50.6 Å². The van der Waals surface area contributed by atoms with Crippen LogP contribution in [0.2, 0.25) is 0 Å². The van der Waals surface area contributed by atoms with Crippen LogP contribution in [0.3, 0.4) is 0 Å². The zero-order valence-corrected chi connectivity index (χ0v) is 22.7. The summed E-state index contributed by atoms with van der Waals surface area (Å²) in [5.41, 5.74) is 7.60. The number of ketones is 1. The van der Waals surface area contributed by atoms with Gasteiger partial charge < -0.3 is 16.4 Å². The van der Waals surface area contributed by atoms with E-state index in [9.17, 15) is 22.0 Å². The van der Waals surface area contributed by atoms with Crippen LogP contribution in [0.25, 0.3) is 0 Å². The average Bonchev–Trinajstić information content (AvgIpc) is 3.24. The first kappa shape index (κ1) is 28.1. The molecule has 4 N–H and O–H groups in total. The fraction of sp³-hybridized carbons (Fsp3) is 0.385. The molecule has 204 valence electrons. The van der Waals surface area contributed by atoms with Gasteiger partial charge in [-0.3, -0.25) is 4.79 Å². The number of benzene rings is 2. The Morgan fingerprint density at radius 3 is 2.50 bits per heavy atom. The van der Waals surface area contributed by atoms with Crippen molar-refractivity contribution in [2.75, 3.05) is 36.4 Å². The van der Waals surface area contributed by atoms with E-state index in [1.807, 2.05) is 12.1 Å². The lowest BCUT2D eigenvalue weighted by Gasteiger charge is -2.31. The molecule has 2 heterocycles. The maximum Gasteiger partial charge on any atom is 0.214 e. The largest absolute Gasteiger partial charge is 0.382 e. The van der Waals surface area contributed by atoms with Crippen LogP contribution in [-0.2, 0) is 16.6 Å². The number of nitrogens with two attached hydrogens (primary N) is 1. The highest BCUT2D eigenvalue weighted by Gasteiger charge is 2.29. The summed E-state index contributed by atoms with van der Waals surface area (Å²) in [6, 6.07) is 11.2. The van der Waals surface area contributed by atoms with Crippen molar-refractivity contribution in [2.24, 2.45) is 0 Å². The number of sulfonamides is 1. The van der Waals surface area contributed by atoms with Crippen molar-refractivity contribution >= 4 is 38.1 Å². The standard InChI is InChI=1S/C26H31F2N5O3S2/c1-17-6-2-3-7-18(17)16-30-12-5-15-38(35,36)33-13-10-19(11-14-33)31-26-32-25(29)24(37-26)23(34)22-20(27)8-4-9-21(22)28/h2-4,6-9,19,30H,5,10-16,29H2,1H3,(H,31,32). The van der Waals surface area contributed by atoms with Gasteiger partial charge in [-0.15, -0.1) is 0 Å². The van der Waals surface area contributed by atoms with E-state index in [1.54, 1.807) is 0 Å². The molecular formula is C26H31F2N5O3S2. The summed E-state index contributed by atoms with van der Waals surface area (Å²) in [5.74, 6) is -2.83. The van der Waals surface area contributed by atoms with Crippen molar-refractivity contribution in [3.05, 3.63) is 75.7 Å². The minimum atomic E-state index is -3.37. The van der Waals surface area contributed by atoms with Gasteiger partial charge in [0.05, 0.1) is 11.3 Å². The van der Waals surface area contributed by atoms with Gasteiger partial charge in [0.15, 0.2) is 5.13 Å². The quantitative estimate of drug-likeness (QED) is 0.239. The summed E-state index contributed by atoms with van der Waals surface area (Å²) in [6.45, 7) is 4.09. The van der Waals surface area contributed by atoms with Crippen LogP contribution in [0.15, 0.2) is 42.5 Å². The van der Waals surface area contributed by atoms with Gasteiger partial charge in [-0.25, -0.2) is 26.5 Å². The van der Waals surface area contributed by atoms with Crippen molar-refractivity contribution in [1.82, 2.24) is 14.6 Å². The van der Waals surface area contributed by atoms with Gasteiger partial charge in [-0.1, -0.05) is 41.7 Å². The number of aryl methyl sites for hydroxylation is 1. The van der Waals surface area contributed by atoms with Crippen LogP contribution in [0, 0.1) is 18.6 Å². The van der Waals surface area contributed by atoms with Crippen LogP contribution < -0.4 is 16.4 Å². The molecule has 0 radical (unpaired) electrons. The molecule has 1 fully saturated rings. The first-order chi connectivity index (χ1) is 18.2. The summed E-state index contributed by atoms with van der Waals surface area (Å²) in [6.07, 6.45) is 1.62. The number of halogens is 2. The van der Waals surface area contributed by atoms with Gasteiger partial charge in [0.1, 0.15) is 22.3 Å². The average molecular weight is 564 g/mol. The highest BCUT2D eigenvalue weighted by Crippen LogP contribution is 2.30. The Balaban J connectivity index is 1.25. The zero-order chi connectivity index (χ0) is 27.3. The van der Waals surface area contributed by atoms with E-state index in [0.717, 1.165) is 23.5 Å². The Morgan fingerprint density at radius 2 is 1.82 bits per heavy atom. The summed E-state index contributed by atoms with van der Waals surface area (Å²) >= 11 is 0.926. The highest BCUT2D eigenvalue weighted by atomic mass is 32.2. The van der Waals surface area contributed by atoms with E-state index < -0.39 is 33.0 Å².